The molecule has 0 aliphatic rings. The molecule has 0 unspecified atom stereocenters. The second-order valence-electron chi connectivity index (χ2n) is 5.97. The molecule has 3 aromatic carbocycles. The van der Waals surface area contributed by atoms with Crippen molar-refractivity contribution in [2.75, 3.05) is 6.61 Å². The van der Waals surface area contributed by atoms with Gasteiger partial charge < -0.3 is 9.47 Å². The number of rotatable bonds is 7. The minimum absolute atomic E-state index is 0.147. The lowest BCUT2D eigenvalue weighted by Gasteiger charge is -2.05. The Balaban J connectivity index is 1.47. The predicted molar refractivity (Wildman–Crippen MR) is 110 cm³/mol. The van der Waals surface area contributed by atoms with Crippen molar-refractivity contribution in [1.82, 2.24) is 5.43 Å². The molecule has 0 saturated heterocycles. The Kier molecular flexibility index (Phi) is 7.13. The molecule has 0 fully saturated rings. The van der Waals surface area contributed by atoms with Crippen LogP contribution in [0.2, 0.25) is 5.02 Å². The number of hydrogen-bond donors (Lipinski definition) is 1. The topological polar surface area (TPSA) is 77.0 Å². The third-order valence-corrected chi connectivity index (χ3v) is 4.02. The van der Waals surface area contributed by atoms with Gasteiger partial charge in [-0.25, -0.2) is 14.6 Å². The van der Waals surface area contributed by atoms with Gasteiger partial charge in [0.1, 0.15) is 17.3 Å². The zero-order valence-corrected chi connectivity index (χ0v) is 16.3. The second-order valence-corrected chi connectivity index (χ2v) is 6.41. The maximum absolute atomic E-state index is 13.6. The fourth-order valence-corrected chi connectivity index (χ4v) is 2.43. The number of nitrogens with zero attached hydrogens (tertiary/aromatic N) is 1. The fraction of sp³-hybridized carbons (Fsp3) is 0.0455. The van der Waals surface area contributed by atoms with Crippen LogP contribution in [-0.4, -0.2) is 24.7 Å². The summed E-state index contributed by atoms with van der Waals surface area (Å²) in [4.78, 5) is 23.7. The van der Waals surface area contributed by atoms with E-state index in [2.05, 4.69) is 10.5 Å². The van der Waals surface area contributed by atoms with Crippen LogP contribution < -0.4 is 14.9 Å². The van der Waals surface area contributed by atoms with Crippen molar-refractivity contribution in [2.24, 2.45) is 5.10 Å². The van der Waals surface area contributed by atoms with Crippen molar-refractivity contribution in [2.45, 2.75) is 0 Å². The van der Waals surface area contributed by atoms with Crippen LogP contribution in [0.3, 0.4) is 0 Å². The number of benzene rings is 3. The molecule has 1 amide bonds. The Morgan fingerprint density at radius 3 is 2.33 bits per heavy atom. The van der Waals surface area contributed by atoms with E-state index in [9.17, 15) is 14.0 Å². The molecule has 3 rings (SSSR count). The summed E-state index contributed by atoms with van der Waals surface area (Å²) in [5.41, 5.74) is 2.85. The van der Waals surface area contributed by atoms with E-state index >= 15 is 0 Å². The molecule has 0 spiro atoms. The van der Waals surface area contributed by atoms with Gasteiger partial charge in [-0.2, -0.15) is 5.10 Å². The van der Waals surface area contributed by atoms with Crippen molar-refractivity contribution in [3.63, 3.8) is 0 Å². The highest BCUT2D eigenvalue weighted by molar-refractivity contribution is 6.30. The summed E-state index contributed by atoms with van der Waals surface area (Å²) < 4.78 is 24.1. The van der Waals surface area contributed by atoms with E-state index in [0.29, 0.717) is 16.3 Å². The number of amides is 1. The smallest absolute Gasteiger partial charge is 0.346 e. The molecule has 3 aromatic rings. The summed E-state index contributed by atoms with van der Waals surface area (Å²) >= 11 is 5.78. The summed E-state index contributed by atoms with van der Waals surface area (Å²) in [5, 5.41) is 4.41. The van der Waals surface area contributed by atoms with Crippen molar-refractivity contribution < 1.29 is 23.5 Å². The van der Waals surface area contributed by atoms with Crippen LogP contribution in [0.25, 0.3) is 0 Å². The SMILES string of the molecule is O=C(COc1ccc(Cl)cc1)N/N=C/c1ccc(OC(=O)c2ccccc2F)cc1. The van der Waals surface area contributed by atoms with E-state index in [0.717, 1.165) is 0 Å². The molecule has 0 heterocycles. The Hall–Kier alpha value is -3.71. The molecular weight excluding hydrogens is 411 g/mol. The van der Waals surface area contributed by atoms with Gasteiger partial charge in [-0.05, 0) is 66.2 Å². The monoisotopic (exact) mass is 426 g/mol. The first-order valence-electron chi connectivity index (χ1n) is 8.78. The minimum atomic E-state index is -0.789. The van der Waals surface area contributed by atoms with Crippen molar-refractivity contribution in [1.29, 1.82) is 0 Å². The van der Waals surface area contributed by atoms with Gasteiger partial charge in [0, 0.05) is 5.02 Å². The predicted octanol–water partition coefficient (Wildman–Crippen LogP) is 4.23. The number of ether oxygens (including phenoxy) is 2. The summed E-state index contributed by atoms with van der Waals surface area (Å²) in [7, 11) is 0. The third-order valence-electron chi connectivity index (χ3n) is 3.77. The van der Waals surface area contributed by atoms with Gasteiger partial charge in [0.25, 0.3) is 5.91 Å². The van der Waals surface area contributed by atoms with Gasteiger partial charge in [0.2, 0.25) is 0 Å². The van der Waals surface area contributed by atoms with Crippen LogP contribution in [-0.2, 0) is 4.79 Å². The van der Waals surface area contributed by atoms with Crippen molar-refractivity contribution in [3.8, 4) is 11.5 Å². The first kappa shape index (κ1) is 21.0. The molecule has 0 atom stereocenters. The maximum Gasteiger partial charge on any atom is 0.346 e. The summed E-state index contributed by atoms with van der Waals surface area (Å²) in [6, 6.07) is 18.5. The first-order chi connectivity index (χ1) is 14.5. The van der Waals surface area contributed by atoms with Crippen molar-refractivity contribution >= 4 is 29.7 Å². The van der Waals surface area contributed by atoms with E-state index < -0.39 is 17.7 Å². The summed E-state index contributed by atoms with van der Waals surface area (Å²) in [6.45, 7) is -0.204. The standard InChI is InChI=1S/C22H16ClFN2O4/c23-16-7-11-17(12-8-16)29-14-21(27)26-25-13-15-5-9-18(10-6-15)30-22(28)19-3-1-2-4-20(19)24/h1-13H,14H2,(H,26,27)/b25-13+. The number of carbonyl (C=O) groups is 2. The number of nitrogens with one attached hydrogen (secondary N) is 1. The zero-order valence-electron chi connectivity index (χ0n) is 15.5. The molecule has 152 valence electrons. The molecule has 0 saturated carbocycles. The van der Waals surface area contributed by atoms with Gasteiger partial charge in [-0.1, -0.05) is 23.7 Å². The minimum Gasteiger partial charge on any atom is -0.484 e. The van der Waals surface area contributed by atoms with E-state index in [-0.39, 0.29) is 17.9 Å². The first-order valence-corrected chi connectivity index (χ1v) is 9.16. The van der Waals surface area contributed by atoms with Crippen LogP contribution in [0.5, 0.6) is 11.5 Å². The highest BCUT2D eigenvalue weighted by Gasteiger charge is 2.13. The molecule has 0 aliphatic carbocycles. The Morgan fingerprint density at radius 1 is 0.967 bits per heavy atom. The average Bonchev–Trinajstić information content (AvgIpc) is 2.75. The van der Waals surface area contributed by atoms with Crippen LogP contribution in [0.4, 0.5) is 4.39 Å². The Morgan fingerprint density at radius 2 is 1.63 bits per heavy atom. The van der Waals surface area contributed by atoms with E-state index in [4.69, 9.17) is 21.1 Å². The van der Waals surface area contributed by atoms with Gasteiger partial charge in [0.15, 0.2) is 6.61 Å². The Bertz CT molecular complexity index is 1050. The van der Waals surface area contributed by atoms with Gasteiger partial charge in [-0.3, -0.25) is 4.79 Å². The van der Waals surface area contributed by atoms with Gasteiger partial charge >= 0.3 is 5.97 Å². The number of esters is 1. The van der Waals surface area contributed by atoms with Gasteiger partial charge in [-0.15, -0.1) is 0 Å². The second kappa shape index (κ2) is 10.2. The van der Waals surface area contributed by atoms with E-state index in [1.165, 1.54) is 36.5 Å². The number of hydrazone groups is 1. The number of carbonyl (C=O) groups excluding carboxylic acids is 2. The molecule has 0 aliphatic heterocycles. The maximum atomic E-state index is 13.6. The summed E-state index contributed by atoms with van der Waals surface area (Å²) in [5.74, 6) is -1.11. The molecule has 0 aromatic heterocycles. The normalized spacial score (nSPS) is 10.6. The molecule has 6 nitrogen and oxygen atoms in total. The lowest BCUT2D eigenvalue weighted by molar-refractivity contribution is -0.123. The largest absolute Gasteiger partial charge is 0.484 e. The van der Waals surface area contributed by atoms with E-state index in [1.54, 1.807) is 42.5 Å². The van der Waals surface area contributed by atoms with Crippen molar-refractivity contribution in [3.05, 3.63) is 94.8 Å². The van der Waals surface area contributed by atoms with Crippen LogP contribution in [0, 0.1) is 5.82 Å². The van der Waals surface area contributed by atoms with E-state index in [1.807, 2.05) is 0 Å². The lowest BCUT2D eigenvalue weighted by Crippen LogP contribution is -2.24. The molecular formula is C22H16ClFN2O4. The van der Waals surface area contributed by atoms with Crippen LogP contribution >= 0.6 is 11.6 Å². The molecule has 30 heavy (non-hydrogen) atoms. The molecule has 0 radical (unpaired) electrons. The highest BCUT2D eigenvalue weighted by Crippen LogP contribution is 2.16. The Labute approximate surface area is 176 Å². The zero-order chi connectivity index (χ0) is 21.3. The average molecular weight is 427 g/mol. The van der Waals surface area contributed by atoms with Gasteiger partial charge in [0.05, 0.1) is 11.8 Å². The fourth-order valence-electron chi connectivity index (χ4n) is 2.30. The van der Waals surface area contributed by atoms with Crippen LogP contribution in [0.1, 0.15) is 15.9 Å². The summed E-state index contributed by atoms with van der Waals surface area (Å²) in [6.07, 6.45) is 1.42. The molecule has 0 bridgehead atoms. The highest BCUT2D eigenvalue weighted by atomic mass is 35.5. The number of halogens is 2. The molecule has 8 heteroatoms. The lowest BCUT2D eigenvalue weighted by atomic mass is 10.2. The molecule has 1 N–H and O–H groups in total. The van der Waals surface area contributed by atoms with Crippen LogP contribution in [0.15, 0.2) is 77.9 Å². The third kappa shape index (κ3) is 6.15. The quantitative estimate of drug-likeness (QED) is 0.265. The number of hydrogen-bond acceptors (Lipinski definition) is 5.